The van der Waals surface area contributed by atoms with E-state index in [0.717, 1.165) is 37.2 Å². The fourth-order valence-electron chi connectivity index (χ4n) is 3.80. The number of para-hydroxylation sites is 2. The molecule has 0 atom stereocenters. The number of unbranched alkanes of at least 4 members (excludes halogenated alkanes) is 9. The summed E-state index contributed by atoms with van der Waals surface area (Å²) in [7, 11) is 4.14. The van der Waals surface area contributed by atoms with E-state index >= 15 is 0 Å². The number of ether oxygens (including phenoxy) is 1. The average Bonchev–Trinajstić information content (AvgIpc) is 2.98. The zero-order valence-corrected chi connectivity index (χ0v) is 19.0. The third-order valence-electron chi connectivity index (χ3n) is 5.61. The molecule has 0 bridgehead atoms. The molecule has 0 unspecified atom stereocenters. The van der Waals surface area contributed by atoms with E-state index in [-0.39, 0.29) is 0 Å². The Morgan fingerprint density at radius 1 is 0.828 bits per heavy atom. The molecule has 5 nitrogen and oxygen atoms in total. The molecule has 0 radical (unpaired) electrons. The lowest BCUT2D eigenvalue weighted by molar-refractivity contribution is 0.0728. The Labute approximate surface area is 177 Å². The van der Waals surface area contributed by atoms with Gasteiger partial charge in [-0.05, 0) is 32.6 Å². The van der Waals surface area contributed by atoms with Gasteiger partial charge in [-0.15, -0.1) is 0 Å². The molecule has 0 saturated carbocycles. The predicted octanol–water partition coefficient (Wildman–Crippen LogP) is 5.38. The molecule has 0 aliphatic carbocycles. The molecular formula is C24H42N4O. The van der Waals surface area contributed by atoms with Gasteiger partial charge >= 0.3 is 0 Å². The number of hydrogen-bond donors (Lipinski definition) is 1. The normalized spacial score (nSPS) is 11.7. The van der Waals surface area contributed by atoms with Crippen LogP contribution in [0.15, 0.2) is 24.3 Å². The van der Waals surface area contributed by atoms with E-state index in [1.54, 1.807) is 0 Å². The van der Waals surface area contributed by atoms with Gasteiger partial charge in [-0.25, -0.2) is 0 Å². The van der Waals surface area contributed by atoms with Gasteiger partial charge in [0.2, 0.25) is 5.62 Å². The highest BCUT2D eigenvalue weighted by Crippen LogP contribution is 2.13. The van der Waals surface area contributed by atoms with Crippen molar-refractivity contribution in [1.82, 2.24) is 14.0 Å². The number of benzene rings is 1. The van der Waals surface area contributed by atoms with Gasteiger partial charge in [0.05, 0.1) is 11.0 Å². The number of fused-ring (bicyclic) bond motifs is 1. The standard InChI is InChI=1S/C24H42N4O/c1-4-5-6-7-8-9-10-11-12-15-20-29-21-28-23-17-14-13-16-22(23)27(24(28)25)19-18-26(2)3/h13-14,16-17,25H,4-12,15,18-21H2,1-3H3. The molecule has 1 heterocycles. The van der Waals surface area contributed by atoms with Crippen LogP contribution in [0.2, 0.25) is 0 Å². The summed E-state index contributed by atoms with van der Waals surface area (Å²) < 4.78 is 10.0. The second kappa shape index (κ2) is 13.6. The molecule has 29 heavy (non-hydrogen) atoms. The van der Waals surface area contributed by atoms with Crippen molar-refractivity contribution in [2.45, 2.75) is 84.4 Å². The average molecular weight is 403 g/mol. The lowest BCUT2D eigenvalue weighted by Gasteiger charge is -2.10. The molecule has 0 aliphatic heterocycles. The molecule has 0 fully saturated rings. The summed E-state index contributed by atoms with van der Waals surface area (Å²) in [4.78, 5) is 2.15. The molecule has 0 amide bonds. The Morgan fingerprint density at radius 3 is 1.97 bits per heavy atom. The monoisotopic (exact) mass is 402 g/mol. The van der Waals surface area contributed by atoms with Crippen LogP contribution in [-0.2, 0) is 18.0 Å². The highest BCUT2D eigenvalue weighted by molar-refractivity contribution is 5.75. The Morgan fingerprint density at radius 2 is 1.38 bits per heavy atom. The SMILES string of the molecule is CCCCCCCCCCCCOCn1c(=N)n(CCN(C)C)c2ccccc21. The Balaban J connectivity index is 1.70. The van der Waals surface area contributed by atoms with Gasteiger partial charge in [-0.1, -0.05) is 76.8 Å². The quantitative estimate of drug-likeness (QED) is 0.383. The van der Waals surface area contributed by atoms with Crippen LogP contribution in [-0.4, -0.2) is 41.3 Å². The van der Waals surface area contributed by atoms with Crippen LogP contribution < -0.4 is 5.62 Å². The number of nitrogens with zero attached hydrogens (tertiary/aromatic N) is 3. The minimum absolute atomic E-state index is 0.464. The zero-order chi connectivity index (χ0) is 20.9. The summed E-state index contributed by atoms with van der Waals surface area (Å²) in [5.74, 6) is 0. The Bertz CT molecular complexity index is 747. The predicted molar refractivity (Wildman–Crippen MR) is 122 cm³/mol. The summed E-state index contributed by atoms with van der Waals surface area (Å²) in [5, 5.41) is 8.60. The van der Waals surface area contributed by atoms with Crippen LogP contribution in [0.25, 0.3) is 11.0 Å². The van der Waals surface area contributed by atoms with E-state index in [9.17, 15) is 0 Å². The molecule has 2 aromatic rings. The minimum atomic E-state index is 0.464. The topological polar surface area (TPSA) is 46.2 Å². The van der Waals surface area contributed by atoms with E-state index in [1.165, 1.54) is 57.8 Å². The van der Waals surface area contributed by atoms with Crippen molar-refractivity contribution < 1.29 is 4.74 Å². The van der Waals surface area contributed by atoms with Gasteiger partial charge in [0, 0.05) is 19.7 Å². The van der Waals surface area contributed by atoms with Crippen molar-refractivity contribution in [2.24, 2.45) is 0 Å². The molecule has 1 aromatic carbocycles. The summed E-state index contributed by atoms with van der Waals surface area (Å²) >= 11 is 0. The molecule has 0 aliphatic rings. The van der Waals surface area contributed by atoms with Crippen molar-refractivity contribution in [3.63, 3.8) is 0 Å². The van der Waals surface area contributed by atoms with Gasteiger partial charge < -0.3 is 14.2 Å². The summed E-state index contributed by atoms with van der Waals surface area (Å²) in [6.45, 7) is 5.25. The first-order chi connectivity index (χ1) is 14.1. The molecule has 1 N–H and O–H groups in total. The van der Waals surface area contributed by atoms with E-state index in [0.29, 0.717) is 12.3 Å². The Hall–Kier alpha value is -1.59. The maximum absolute atomic E-state index is 8.60. The largest absolute Gasteiger partial charge is 0.361 e. The van der Waals surface area contributed by atoms with E-state index in [1.807, 2.05) is 16.7 Å². The molecule has 0 spiro atoms. The fourth-order valence-corrected chi connectivity index (χ4v) is 3.80. The molecule has 5 heteroatoms. The third-order valence-corrected chi connectivity index (χ3v) is 5.61. The highest BCUT2D eigenvalue weighted by Gasteiger charge is 2.10. The summed E-state index contributed by atoms with van der Waals surface area (Å²) in [6, 6.07) is 8.27. The van der Waals surface area contributed by atoms with Crippen molar-refractivity contribution in [2.75, 3.05) is 27.2 Å². The van der Waals surface area contributed by atoms with Gasteiger partial charge in [0.25, 0.3) is 0 Å². The van der Waals surface area contributed by atoms with Crippen molar-refractivity contribution >= 4 is 11.0 Å². The van der Waals surface area contributed by atoms with Crippen LogP contribution in [0.1, 0.15) is 71.1 Å². The number of likely N-dealkylation sites (N-methyl/N-ethyl adjacent to an activating group) is 1. The van der Waals surface area contributed by atoms with Crippen LogP contribution in [0.3, 0.4) is 0 Å². The summed E-state index contributed by atoms with van der Waals surface area (Å²) in [5.41, 5.74) is 2.72. The highest BCUT2D eigenvalue weighted by atomic mass is 16.5. The van der Waals surface area contributed by atoms with Crippen molar-refractivity contribution in [3.8, 4) is 0 Å². The molecule has 0 saturated heterocycles. The number of imidazole rings is 1. The first-order valence-corrected chi connectivity index (χ1v) is 11.6. The lowest BCUT2D eigenvalue weighted by atomic mass is 10.1. The first-order valence-electron chi connectivity index (χ1n) is 11.6. The second-order valence-corrected chi connectivity index (χ2v) is 8.41. The molecule has 1 aromatic heterocycles. The van der Waals surface area contributed by atoms with Gasteiger partial charge in [-0.3, -0.25) is 9.98 Å². The maximum atomic E-state index is 8.60. The van der Waals surface area contributed by atoms with Crippen molar-refractivity contribution in [3.05, 3.63) is 29.9 Å². The third kappa shape index (κ3) is 7.98. The molecular weight excluding hydrogens is 360 g/mol. The zero-order valence-electron chi connectivity index (χ0n) is 19.0. The van der Waals surface area contributed by atoms with Gasteiger partial charge in [0.1, 0.15) is 6.73 Å². The maximum Gasteiger partial charge on any atom is 0.204 e. The Kier molecular flexibility index (Phi) is 11.1. The molecule has 2 rings (SSSR count). The number of nitrogens with one attached hydrogen (secondary N) is 1. The van der Waals surface area contributed by atoms with Crippen LogP contribution in [0.4, 0.5) is 0 Å². The number of aromatic nitrogens is 2. The fraction of sp³-hybridized carbons (Fsp3) is 0.708. The van der Waals surface area contributed by atoms with Gasteiger partial charge in [0.15, 0.2) is 0 Å². The van der Waals surface area contributed by atoms with Crippen LogP contribution >= 0.6 is 0 Å². The van der Waals surface area contributed by atoms with E-state index in [2.05, 4.69) is 42.6 Å². The van der Waals surface area contributed by atoms with Crippen LogP contribution in [0, 0.1) is 5.41 Å². The van der Waals surface area contributed by atoms with Gasteiger partial charge in [-0.2, -0.15) is 0 Å². The smallest absolute Gasteiger partial charge is 0.204 e. The lowest BCUT2D eigenvalue weighted by Crippen LogP contribution is -2.29. The second-order valence-electron chi connectivity index (χ2n) is 8.41. The van der Waals surface area contributed by atoms with E-state index < -0.39 is 0 Å². The number of hydrogen-bond acceptors (Lipinski definition) is 3. The van der Waals surface area contributed by atoms with Crippen molar-refractivity contribution in [1.29, 1.82) is 5.41 Å². The first kappa shape index (κ1) is 23.7. The number of rotatable bonds is 16. The minimum Gasteiger partial charge on any atom is -0.361 e. The van der Waals surface area contributed by atoms with E-state index in [4.69, 9.17) is 10.1 Å². The molecule has 164 valence electrons. The van der Waals surface area contributed by atoms with Crippen LogP contribution in [0.5, 0.6) is 0 Å². The summed E-state index contributed by atoms with van der Waals surface area (Å²) in [6.07, 6.45) is 13.4.